The van der Waals surface area contributed by atoms with Crippen molar-refractivity contribution in [3.63, 3.8) is 0 Å². The van der Waals surface area contributed by atoms with Crippen molar-refractivity contribution in [1.82, 2.24) is 9.21 Å². The van der Waals surface area contributed by atoms with Crippen LogP contribution in [0.1, 0.15) is 19.8 Å². The van der Waals surface area contributed by atoms with Crippen LogP contribution < -0.4 is 0 Å². The van der Waals surface area contributed by atoms with Crippen LogP contribution in [0.3, 0.4) is 0 Å². The molecule has 0 atom stereocenters. The van der Waals surface area contributed by atoms with Gasteiger partial charge >= 0.3 is 0 Å². The number of carbonyl (C=O) groups excluding carboxylic acids is 1. The van der Waals surface area contributed by atoms with E-state index in [0.29, 0.717) is 19.5 Å². The summed E-state index contributed by atoms with van der Waals surface area (Å²) in [4.78, 5) is 13.4. The van der Waals surface area contributed by atoms with Gasteiger partial charge in [-0.05, 0) is 24.6 Å². The number of hydrogen-bond acceptors (Lipinski definition) is 3. The molecule has 0 spiro atoms. The van der Waals surface area contributed by atoms with Gasteiger partial charge in [0.1, 0.15) is 5.82 Å². The fourth-order valence-corrected chi connectivity index (χ4v) is 4.03. The van der Waals surface area contributed by atoms with Crippen molar-refractivity contribution in [3.8, 4) is 0 Å². The Kier molecular flexibility index (Phi) is 5.41. The molecular formula is C14H18ClFN2O3S. The summed E-state index contributed by atoms with van der Waals surface area (Å²) in [6.45, 7) is 3.12. The average molecular weight is 349 g/mol. The summed E-state index contributed by atoms with van der Waals surface area (Å²) >= 11 is 5.65. The molecule has 122 valence electrons. The number of amides is 1. The lowest BCUT2D eigenvalue weighted by atomic mass is 10.2. The van der Waals surface area contributed by atoms with Crippen molar-refractivity contribution >= 4 is 27.5 Å². The van der Waals surface area contributed by atoms with E-state index in [0.717, 1.165) is 18.6 Å². The van der Waals surface area contributed by atoms with Crippen molar-refractivity contribution in [2.75, 3.05) is 26.2 Å². The Bertz CT molecular complexity index is 658. The maximum atomic E-state index is 13.2. The minimum absolute atomic E-state index is 0.0350. The zero-order valence-electron chi connectivity index (χ0n) is 12.3. The molecule has 0 radical (unpaired) electrons. The standard InChI is InChI=1S/C14H18ClFN2O3S/c1-2-3-14(19)17-6-8-18(9-7-17)22(20,21)11-4-5-13(16)12(15)10-11/h4-5,10H,2-3,6-9H2,1H3. The van der Waals surface area contributed by atoms with Crippen LogP contribution in [-0.4, -0.2) is 49.7 Å². The third-order valence-corrected chi connectivity index (χ3v) is 5.77. The molecule has 1 aliphatic heterocycles. The molecule has 5 nitrogen and oxygen atoms in total. The van der Waals surface area contributed by atoms with E-state index in [1.165, 1.54) is 10.4 Å². The lowest BCUT2D eigenvalue weighted by Crippen LogP contribution is -2.50. The number of rotatable bonds is 4. The summed E-state index contributed by atoms with van der Waals surface area (Å²) < 4.78 is 39.4. The first-order valence-electron chi connectivity index (χ1n) is 7.09. The second-order valence-corrected chi connectivity index (χ2v) is 7.46. The van der Waals surface area contributed by atoms with E-state index in [1.54, 1.807) is 4.90 Å². The first-order valence-corrected chi connectivity index (χ1v) is 8.91. The molecule has 0 aromatic heterocycles. The molecule has 1 aromatic carbocycles. The maximum absolute atomic E-state index is 13.2. The third kappa shape index (κ3) is 3.59. The molecule has 1 aromatic rings. The van der Waals surface area contributed by atoms with Gasteiger partial charge in [0.2, 0.25) is 15.9 Å². The topological polar surface area (TPSA) is 57.7 Å². The zero-order valence-corrected chi connectivity index (χ0v) is 13.8. The summed E-state index contributed by atoms with van der Waals surface area (Å²) in [7, 11) is -3.72. The highest BCUT2D eigenvalue weighted by Crippen LogP contribution is 2.23. The van der Waals surface area contributed by atoms with Crippen molar-refractivity contribution < 1.29 is 17.6 Å². The van der Waals surface area contributed by atoms with E-state index in [2.05, 4.69) is 0 Å². The van der Waals surface area contributed by atoms with Crippen LogP contribution in [0.5, 0.6) is 0 Å². The quantitative estimate of drug-likeness (QED) is 0.837. The highest BCUT2D eigenvalue weighted by molar-refractivity contribution is 7.89. The van der Waals surface area contributed by atoms with Crippen molar-refractivity contribution in [3.05, 3.63) is 29.0 Å². The van der Waals surface area contributed by atoms with E-state index in [1.807, 2.05) is 6.92 Å². The van der Waals surface area contributed by atoms with Crippen LogP contribution in [0, 0.1) is 5.82 Å². The third-order valence-electron chi connectivity index (χ3n) is 3.58. The van der Waals surface area contributed by atoms with Gasteiger partial charge in [-0.3, -0.25) is 4.79 Å². The summed E-state index contributed by atoms with van der Waals surface area (Å²) in [5.41, 5.74) is 0. The van der Waals surface area contributed by atoms with E-state index in [-0.39, 0.29) is 28.9 Å². The SMILES string of the molecule is CCCC(=O)N1CCN(S(=O)(=O)c2ccc(F)c(Cl)c2)CC1. The van der Waals surface area contributed by atoms with E-state index >= 15 is 0 Å². The Morgan fingerprint density at radius 2 is 1.91 bits per heavy atom. The maximum Gasteiger partial charge on any atom is 0.243 e. The van der Waals surface area contributed by atoms with Crippen LogP contribution in [-0.2, 0) is 14.8 Å². The summed E-state index contributed by atoms with van der Waals surface area (Å²) in [5.74, 6) is -0.611. The molecule has 0 N–H and O–H groups in total. The van der Waals surface area contributed by atoms with Gasteiger partial charge in [0, 0.05) is 32.6 Å². The van der Waals surface area contributed by atoms with Crippen LogP contribution in [0.2, 0.25) is 5.02 Å². The first-order chi connectivity index (χ1) is 10.4. The molecule has 0 saturated carbocycles. The van der Waals surface area contributed by atoms with E-state index < -0.39 is 15.8 Å². The van der Waals surface area contributed by atoms with Crippen molar-refractivity contribution in [2.45, 2.75) is 24.7 Å². The van der Waals surface area contributed by atoms with Gasteiger partial charge in [-0.2, -0.15) is 4.31 Å². The van der Waals surface area contributed by atoms with Gasteiger partial charge in [0.15, 0.2) is 0 Å². The van der Waals surface area contributed by atoms with Crippen LogP contribution in [0.4, 0.5) is 4.39 Å². The molecule has 1 aliphatic rings. The first kappa shape index (κ1) is 17.2. The van der Waals surface area contributed by atoms with Gasteiger partial charge in [-0.1, -0.05) is 18.5 Å². The molecule has 1 amide bonds. The Morgan fingerprint density at radius 3 is 2.45 bits per heavy atom. The smallest absolute Gasteiger partial charge is 0.243 e. The number of piperazine rings is 1. The number of sulfonamides is 1. The van der Waals surface area contributed by atoms with Crippen LogP contribution >= 0.6 is 11.6 Å². The Labute approximate surface area is 134 Å². The fourth-order valence-electron chi connectivity index (χ4n) is 2.34. The van der Waals surface area contributed by atoms with Crippen LogP contribution in [0.15, 0.2) is 23.1 Å². The number of carbonyl (C=O) groups is 1. The lowest BCUT2D eigenvalue weighted by molar-refractivity contribution is -0.132. The summed E-state index contributed by atoms with van der Waals surface area (Å²) in [5, 5.41) is -0.224. The normalized spacial score (nSPS) is 16.8. The fraction of sp³-hybridized carbons (Fsp3) is 0.500. The zero-order chi connectivity index (χ0) is 16.3. The number of hydrogen-bond donors (Lipinski definition) is 0. The van der Waals surface area contributed by atoms with Gasteiger partial charge in [-0.25, -0.2) is 12.8 Å². The molecule has 1 heterocycles. The molecule has 0 bridgehead atoms. The highest BCUT2D eigenvalue weighted by Gasteiger charge is 2.30. The molecule has 8 heteroatoms. The van der Waals surface area contributed by atoms with E-state index in [4.69, 9.17) is 11.6 Å². The van der Waals surface area contributed by atoms with Crippen molar-refractivity contribution in [2.24, 2.45) is 0 Å². The number of halogens is 2. The van der Waals surface area contributed by atoms with Crippen LogP contribution in [0.25, 0.3) is 0 Å². The Balaban J connectivity index is 2.09. The average Bonchev–Trinajstić information content (AvgIpc) is 2.50. The minimum Gasteiger partial charge on any atom is -0.340 e. The van der Waals surface area contributed by atoms with Gasteiger partial charge in [0.25, 0.3) is 0 Å². The predicted molar refractivity (Wildman–Crippen MR) is 81.7 cm³/mol. The molecule has 22 heavy (non-hydrogen) atoms. The van der Waals surface area contributed by atoms with Crippen molar-refractivity contribution in [1.29, 1.82) is 0 Å². The second-order valence-electron chi connectivity index (χ2n) is 5.11. The van der Waals surface area contributed by atoms with Gasteiger partial charge < -0.3 is 4.90 Å². The molecule has 2 rings (SSSR count). The number of benzene rings is 1. The second kappa shape index (κ2) is 6.93. The largest absolute Gasteiger partial charge is 0.340 e. The Hall–Kier alpha value is -1.18. The molecule has 1 fully saturated rings. The monoisotopic (exact) mass is 348 g/mol. The molecule has 1 saturated heterocycles. The van der Waals surface area contributed by atoms with E-state index in [9.17, 15) is 17.6 Å². The summed E-state index contributed by atoms with van der Waals surface area (Å²) in [6, 6.07) is 3.35. The Morgan fingerprint density at radius 1 is 1.27 bits per heavy atom. The minimum atomic E-state index is -3.72. The number of nitrogens with zero attached hydrogens (tertiary/aromatic N) is 2. The van der Waals surface area contributed by atoms with Gasteiger partial charge in [0.05, 0.1) is 9.92 Å². The molecule has 0 unspecified atom stereocenters. The van der Waals surface area contributed by atoms with Gasteiger partial charge in [-0.15, -0.1) is 0 Å². The summed E-state index contributed by atoms with van der Waals surface area (Å²) in [6.07, 6.45) is 1.24. The highest BCUT2D eigenvalue weighted by atomic mass is 35.5. The predicted octanol–water partition coefficient (Wildman–Crippen LogP) is 2.11. The lowest BCUT2D eigenvalue weighted by Gasteiger charge is -2.34. The molecular weight excluding hydrogens is 331 g/mol. The molecule has 0 aliphatic carbocycles.